The first-order chi connectivity index (χ1) is 7.24. The summed E-state index contributed by atoms with van der Waals surface area (Å²) >= 11 is 0. The van der Waals surface area contributed by atoms with Gasteiger partial charge in [-0.2, -0.15) is 5.26 Å². The smallest absolute Gasteiger partial charge is 0.107 e. The van der Waals surface area contributed by atoms with Crippen molar-refractivity contribution in [1.29, 1.82) is 5.26 Å². The molecule has 2 nitrogen and oxygen atoms in total. The molecule has 15 heavy (non-hydrogen) atoms. The van der Waals surface area contributed by atoms with Crippen molar-refractivity contribution in [2.24, 2.45) is 0 Å². The highest BCUT2D eigenvalue weighted by atomic mass is 15.0. The fraction of sp³-hybridized carbons (Fsp3) is 0.462. The van der Waals surface area contributed by atoms with E-state index in [1.54, 1.807) is 0 Å². The number of benzene rings is 1. The van der Waals surface area contributed by atoms with Crippen molar-refractivity contribution < 1.29 is 0 Å². The topological polar surface area (TPSA) is 35.8 Å². The minimum atomic E-state index is -0.231. The molecule has 0 bridgehead atoms. The van der Waals surface area contributed by atoms with Gasteiger partial charge in [-0.1, -0.05) is 29.8 Å². The second-order valence-corrected chi connectivity index (χ2v) is 4.39. The summed E-state index contributed by atoms with van der Waals surface area (Å²) in [5, 5.41) is 12.4. The van der Waals surface area contributed by atoms with Gasteiger partial charge in [0, 0.05) is 6.54 Å². The van der Waals surface area contributed by atoms with Gasteiger partial charge in [0.15, 0.2) is 0 Å². The lowest BCUT2D eigenvalue weighted by molar-refractivity contribution is 0.253. The van der Waals surface area contributed by atoms with Crippen LogP contribution in [0.25, 0.3) is 0 Å². The van der Waals surface area contributed by atoms with Crippen LogP contribution in [0.3, 0.4) is 0 Å². The van der Waals surface area contributed by atoms with E-state index in [0.717, 1.165) is 19.4 Å². The number of nitriles is 1. The fourth-order valence-electron chi connectivity index (χ4n) is 1.84. The molecule has 0 heterocycles. The molecule has 1 aliphatic rings. The summed E-state index contributed by atoms with van der Waals surface area (Å²) in [7, 11) is 0. The maximum Gasteiger partial charge on any atom is 0.107 e. The minimum absolute atomic E-state index is 0.231. The van der Waals surface area contributed by atoms with Crippen molar-refractivity contribution in [3.8, 4) is 6.07 Å². The van der Waals surface area contributed by atoms with Crippen molar-refractivity contribution in [2.45, 2.75) is 38.3 Å². The molecule has 0 aromatic heterocycles. The molecular weight excluding hydrogens is 184 g/mol. The minimum Gasteiger partial charge on any atom is -0.295 e. The Labute approximate surface area is 90.9 Å². The molecule has 1 aliphatic carbocycles. The van der Waals surface area contributed by atoms with Crippen molar-refractivity contribution in [2.75, 3.05) is 0 Å². The van der Waals surface area contributed by atoms with E-state index in [9.17, 15) is 0 Å². The number of hydrogen-bond donors (Lipinski definition) is 1. The quantitative estimate of drug-likeness (QED) is 0.813. The van der Waals surface area contributed by atoms with Crippen molar-refractivity contribution in [3.63, 3.8) is 0 Å². The summed E-state index contributed by atoms with van der Waals surface area (Å²) in [6, 6.07) is 10.8. The summed E-state index contributed by atoms with van der Waals surface area (Å²) < 4.78 is 0. The number of nitrogens with zero attached hydrogens (tertiary/aromatic N) is 1. The predicted molar refractivity (Wildman–Crippen MR) is 60.2 cm³/mol. The van der Waals surface area contributed by atoms with Crippen LogP contribution < -0.4 is 5.32 Å². The molecule has 0 aliphatic heterocycles. The van der Waals surface area contributed by atoms with Crippen LogP contribution in [0.15, 0.2) is 24.3 Å². The fourth-order valence-corrected chi connectivity index (χ4v) is 1.84. The third kappa shape index (κ3) is 2.19. The second-order valence-electron chi connectivity index (χ2n) is 4.39. The Bertz CT molecular complexity index is 369. The van der Waals surface area contributed by atoms with Gasteiger partial charge in [0.2, 0.25) is 0 Å². The molecule has 0 saturated heterocycles. The zero-order valence-electron chi connectivity index (χ0n) is 9.09. The van der Waals surface area contributed by atoms with Crippen LogP contribution in [0.5, 0.6) is 0 Å². The van der Waals surface area contributed by atoms with E-state index in [1.165, 1.54) is 17.5 Å². The van der Waals surface area contributed by atoms with Gasteiger partial charge in [-0.3, -0.25) is 5.32 Å². The average molecular weight is 200 g/mol. The van der Waals surface area contributed by atoms with Crippen LogP contribution in [0, 0.1) is 18.3 Å². The molecule has 78 valence electrons. The lowest BCUT2D eigenvalue weighted by Gasteiger charge is -2.36. The first-order valence-electron chi connectivity index (χ1n) is 5.46. The van der Waals surface area contributed by atoms with Gasteiger partial charge >= 0.3 is 0 Å². The van der Waals surface area contributed by atoms with Crippen LogP contribution >= 0.6 is 0 Å². The third-order valence-corrected chi connectivity index (χ3v) is 3.17. The second kappa shape index (κ2) is 4.04. The van der Waals surface area contributed by atoms with Crippen molar-refractivity contribution in [3.05, 3.63) is 35.4 Å². The van der Waals surface area contributed by atoms with E-state index in [2.05, 4.69) is 42.6 Å². The van der Waals surface area contributed by atoms with Gasteiger partial charge in [0.1, 0.15) is 5.54 Å². The molecule has 1 N–H and O–H groups in total. The Hall–Kier alpha value is -1.33. The molecular formula is C13H16N2. The molecule has 1 aromatic carbocycles. The zero-order chi connectivity index (χ0) is 10.7. The lowest BCUT2D eigenvalue weighted by Crippen LogP contribution is -2.49. The zero-order valence-corrected chi connectivity index (χ0v) is 9.09. The summed E-state index contributed by atoms with van der Waals surface area (Å²) in [6.07, 6.45) is 3.17. The molecule has 0 spiro atoms. The van der Waals surface area contributed by atoms with Crippen LogP contribution in [0.4, 0.5) is 0 Å². The van der Waals surface area contributed by atoms with Gasteiger partial charge < -0.3 is 0 Å². The highest BCUT2D eigenvalue weighted by Gasteiger charge is 2.36. The summed E-state index contributed by atoms with van der Waals surface area (Å²) in [6.45, 7) is 2.88. The van der Waals surface area contributed by atoms with Gasteiger partial charge in [-0.15, -0.1) is 0 Å². The normalized spacial score (nSPS) is 17.9. The van der Waals surface area contributed by atoms with E-state index in [-0.39, 0.29) is 5.54 Å². The molecule has 1 saturated carbocycles. The third-order valence-electron chi connectivity index (χ3n) is 3.17. The molecule has 1 aromatic rings. The van der Waals surface area contributed by atoms with Crippen LogP contribution in [-0.2, 0) is 6.54 Å². The molecule has 0 unspecified atom stereocenters. The molecule has 1 fully saturated rings. The summed E-state index contributed by atoms with van der Waals surface area (Å²) in [5.74, 6) is 0. The molecule has 0 amide bonds. The SMILES string of the molecule is Cc1ccc(CNC2(C#N)CCC2)cc1. The number of rotatable bonds is 3. The number of nitrogens with one attached hydrogen (secondary N) is 1. The summed E-state index contributed by atoms with van der Waals surface area (Å²) in [4.78, 5) is 0. The Kier molecular flexibility index (Phi) is 2.75. The summed E-state index contributed by atoms with van der Waals surface area (Å²) in [5.41, 5.74) is 2.30. The average Bonchev–Trinajstić information content (AvgIpc) is 2.20. The van der Waals surface area contributed by atoms with Crippen LogP contribution in [-0.4, -0.2) is 5.54 Å². The number of aryl methyl sites for hydroxylation is 1. The van der Waals surface area contributed by atoms with E-state index >= 15 is 0 Å². The Balaban J connectivity index is 1.93. The van der Waals surface area contributed by atoms with E-state index < -0.39 is 0 Å². The Morgan fingerprint density at radius 3 is 2.47 bits per heavy atom. The highest BCUT2D eigenvalue weighted by molar-refractivity contribution is 5.22. The molecule has 2 rings (SSSR count). The maximum atomic E-state index is 9.05. The van der Waals surface area contributed by atoms with E-state index in [1.807, 2.05) is 0 Å². The van der Waals surface area contributed by atoms with Gasteiger partial charge in [-0.25, -0.2) is 0 Å². The van der Waals surface area contributed by atoms with E-state index in [4.69, 9.17) is 5.26 Å². The van der Waals surface area contributed by atoms with Gasteiger partial charge in [0.05, 0.1) is 6.07 Å². The molecule has 2 heteroatoms. The van der Waals surface area contributed by atoms with Gasteiger partial charge in [0.25, 0.3) is 0 Å². The Morgan fingerprint density at radius 2 is 2.00 bits per heavy atom. The largest absolute Gasteiger partial charge is 0.295 e. The number of hydrogen-bond acceptors (Lipinski definition) is 2. The van der Waals surface area contributed by atoms with Gasteiger partial charge in [-0.05, 0) is 31.7 Å². The first kappa shape index (κ1) is 10.2. The highest BCUT2D eigenvalue weighted by Crippen LogP contribution is 2.31. The Morgan fingerprint density at radius 1 is 1.33 bits per heavy atom. The first-order valence-corrected chi connectivity index (χ1v) is 5.46. The standard InChI is InChI=1S/C13H16N2/c1-11-3-5-12(6-4-11)9-15-13(10-14)7-2-8-13/h3-6,15H,2,7-9H2,1H3. The van der Waals surface area contributed by atoms with E-state index in [0.29, 0.717) is 0 Å². The molecule has 0 atom stereocenters. The van der Waals surface area contributed by atoms with Crippen LogP contribution in [0.2, 0.25) is 0 Å². The predicted octanol–water partition coefficient (Wildman–Crippen LogP) is 2.53. The van der Waals surface area contributed by atoms with Crippen LogP contribution in [0.1, 0.15) is 30.4 Å². The molecule has 0 radical (unpaired) electrons. The van der Waals surface area contributed by atoms with Crippen molar-refractivity contribution in [1.82, 2.24) is 5.32 Å². The maximum absolute atomic E-state index is 9.05. The monoisotopic (exact) mass is 200 g/mol. The van der Waals surface area contributed by atoms with Crippen molar-refractivity contribution >= 4 is 0 Å². The lowest BCUT2D eigenvalue weighted by atomic mass is 9.78.